The molecule has 1 atom stereocenters. The van der Waals surface area contributed by atoms with Gasteiger partial charge < -0.3 is 10.1 Å². The smallest absolute Gasteiger partial charge is 0.129 e. The van der Waals surface area contributed by atoms with Crippen LogP contribution in [-0.2, 0) is 0 Å². The number of benzene rings is 2. The van der Waals surface area contributed by atoms with E-state index in [-0.39, 0.29) is 11.9 Å². The van der Waals surface area contributed by atoms with E-state index in [4.69, 9.17) is 4.74 Å². The number of nitrogens with one attached hydrogen (secondary N) is 1. The Balaban J connectivity index is 2.45. The van der Waals surface area contributed by atoms with Crippen LogP contribution in [0.2, 0.25) is 0 Å². The summed E-state index contributed by atoms with van der Waals surface area (Å²) in [5.74, 6) is 0.620. The molecule has 21 heavy (non-hydrogen) atoms. The zero-order valence-corrected chi connectivity index (χ0v) is 14.0. The fourth-order valence-electron chi connectivity index (χ4n) is 2.43. The predicted octanol–water partition coefficient (Wildman–Crippen LogP) is 4.60. The lowest BCUT2D eigenvalue weighted by atomic mass is 9.96. The largest absolute Gasteiger partial charge is 0.496 e. The number of ether oxygens (including phenoxy) is 1. The maximum absolute atomic E-state index is 14.3. The van der Waals surface area contributed by atoms with Crippen LogP contribution in [0.5, 0.6) is 5.75 Å². The van der Waals surface area contributed by atoms with Crippen molar-refractivity contribution in [2.45, 2.75) is 19.9 Å². The van der Waals surface area contributed by atoms with Crippen molar-refractivity contribution in [3.8, 4) is 5.75 Å². The zero-order valence-electron chi connectivity index (χ0n) is 12.4. The maximum Gasteiger partial charge on any atom is 0.129 e. The third-order valence-electron chi connectivity index (χ3n) is 3.43. The Morgan fingerprint density at radius 2 is 2.00 bits per heavy atom. The predicted molar refractivity (Wildman–Crippen MR) is 87.4 cm³/mol. The van der Waals surface area contributed by atoms with E-state index < -0.39 is 0 Å². The number of halogens is 2. The molecule has 2 nitrogen and oxygen atoms in total. The first-order valence-electron chi connectivity index (χ1n) is 6.89. The summed E-state index contributed by atoms with van der Waals surface area (Å²) in [6, 6.07) is 10.9. The van der Waals surface area contributed by atoms with E-state index >= 15 is 0 Å². The summed E-state index contributed by atoms with van der Waals surface area (Å²) in [7, 11) is 1.65. The second kappa shape index (κ2) is 7.05. The van der Waals surface area contributed by atoms with Gasteiger partial charge in [-0.2, -0.15) is 0 Å². The van der Waals surface area contributed by atoms with Crippen molar-refractivity contribution in [2.24, 2.45) is 0 Å². The fourth-order valence-corrected chi connectivity index (χ4v) is 2.76. The Labute approximate surface area is 133 Å². The first-order chi connectivity index (χ1) is 10.1. The van der Waals surface area contributed by atoms with Gasteiger partial charge in [0, 0.05) is 10.0 Å². The molecule has 0 bridgehead atoms. The fraction of sp³-hybridized carbons (Fsp3) is 0.294. The lowest BCUT2D eigenvalue weighted by Crippen LogP contribution is -2.23. The third-order valence-corrected chi connectivity index (χ3v) is 3.93. The minimum absolute atomic E-state index is 0.173. The van der Waals surface area contributed by atoms with Gasteiger partial charge in [0.15, 0.2) is 0 Å². The number of hydrogen-bond donors (Lipinski definition) is 1. The van der Waals surface area contributed by atoms with Crippen LogP contribution < -0.4 is 10.1 Å². The normalized spacial score (nSPS) is 12.2. The third kappa shape index (κ3) is 3.63. The van der Waals surface area contributed by atoms with Crippen LogP contribution >= 0.6 is 15.9 Å². The summed E-state index contributed by atoms with van der Waals surface area (Å²) in [6.45, 7) is 4.76. The van der Waals surface area contributed by atoms with E-state index in [1.165, 1.54) is 6.07 Å². The van der Waals surface area contributed by atoms with E-state index in [1.807, 2.05) is 44.2 Å². The summed E-state index contributed by atoms with van der Waals surface area (Å²) < 4.78 is 20.3. The standard InChI is InChI=1S/C17H19BrFNO/c1-4-20-17(14-7-6-13(18)10-15(14)19)12-5-8-16(21-3)11(2)9-12/h5-10,17,20H,4H2,1-3H3. The van der Waals surface area contributed by atoms with Crippen LogP contribution in [0.4, 0.5) is 4.39 Å². The molecule has 0 spiro atoms. The van der Waals surface area contributed by atoms with Crippen LogP contribution in [0, 0.1) is 12.7 Å². The summed E-state index contributed by atoms with van der Waals surface area (Å²) >= 11 is 3.29. The molecule has 1 N–H and O–H groups in total. The van der Waals surface area contributed by atoms with Gasteiger partial charge in [0.25, 0.3) is 0 Å². The van der Waals surface area contributed by atoms with E-state index in [1.54, 1.807) is 7.11 Å². The highest BCUT2D eigenvalue weighted by atomic mass is 79.9. The van der Waals surface area contributed by atoms with Crippen molar-refractivity contribution in [1.29, 1.82) is 0 Å². The first kappa shape index (κ1) is 16.0. The quantitative estimate of drug-likeness (QED) is 0.849. The lowest BCUT2D eigenvalue weighted by molar-refractivity contribution is 0.411. The first-order valence-corrected chi connectivity index (χ1v) is 7.69. The van der Waals surface area contributed by atoms with Crippen LogP contribution in [0.25, 0.3) is 0 Å². The average molecular weight is 352 g/mol. The van der Waals surface area contributed by atoms with Crippen molar-refractivity contribution in [3.63, 3.8) is 0 Å². The average Bonchev–Trinajstić information content (AvgIpc) is 2.45. The molecule has 0 aliphatic rings. The summed E-state index contributed by atoms with van der Waals surface area (Å²) in [6.07, 6.45) is 0. The monoisotopic (exact) mass is 351 g/mol. The van der Waals surface area contributed by atoms with Crippen LogP contribution in [0.15, 0.2) is 40.9 Å². The van der Waals surface area contributed by atoms with Crippen LogP contribution in [0.3, 0.4) is 0 Å². The minimum Gasteiger partial charge on any atom is -0.496 e. The van der Waals surface area contributed by atoms with Gasteiger partial charge in [0.05, 0.1) is 13.2 Å². The molecule has 0 heterocycles. The molecule has 0 radical (unpaired) electrons. The van der Waals surface area contributed by atoms with Crippen molar-refractivity contribution in [2.75, 3.05) is 13.7 Å². The Morgan fingerprint density at radius 3 is 2.57 bits per heavy atom. The molecule has 1 unspecified atom stereocenters. The molecular formula is C17H19BrFNO. The van der Waals surface area contributed by atoms with Gasteiger partial charge in [-0.1, -0.05) is 41.1 Å². The van der Waals surface area contributed by atoms with Crippen molar-refractivity contribution >= 4 is 15.9 Å². The van der Waals surface area contributed by atoms with Crippen molar-refractivity contribution in [1.82, 2.24) is 5.32 Å². The molecule has 2 rings (SSSR count). The van der Waals surface area contributed by atoms with Crippen molar-refractivity contribution in [3.05, 3.63) is 63.4 Å². The van der Waals surface area contributed by atoms with Gasteiger partial charge in [-0.05, 0) is 42.8 Å². The molecule has 0 saturated heterocycles. The molecule has 112 valence electrons. The molecular weight excluding hydrogens is 333 g/mol. The van der Waals surface area contributed by atoms with Crippen LogP contribution in [-0.4, -0.2) is 13.7 Å². The molecule has 0 fully saturated rings. The lowest BCUT2D eigenvalue weighted by Gasteiger charge is -2.21. The Hall–Kier alpha value is -1.39. The maximum atomic E-state index is 14.3. The highest BCUT2D eigenvalue weighted by molar-refractivity contribution is 9.10. The Bertz CT molecular complexity index is 630. The summed E-state index contributed by atoms with van der Waals surface area (Å²) in [4.78, 5) is 0. The number of hydrogen-bond acceptors (Lipinski definition) is 2. The highest BCUT2D eigenvalue weighted by Gasteiger charge is 2.18. The topological polar surface area (TPSA) is 21.3 Å². The second-order valence-electron chi connectivity index (χ2n) is 4.89. The van der Waals surface area contributed by atoms with Gasteiger partial charge in [0.2, 0.25) is 0 Å². The van der Waals surface area contributed by atoms with E-state index in [9.17, 15) is 4.39 Å². The molecule has 0 amide bonds. The highest BCUT2D eigenvalue weighted by Crippen LogP contribution is 2.29. The molecule has 0 aliphatic heterocycles. The van der Waals surface area contributed by atoms with Gasteiger partial charge >= 0.3 is 0 Å². The molecule has 0 aromatic heterocycles. The van der Waals surface area contributed by atoms with Gasteiger partial charge in [-0.15, -0.1) is 0 Å². The Morgan fingerprint density at radius 1 is 1.24 bits per heavy atom. The number of rotatable bonds is 5. The summed E-state index contributed by atoms with van der Waals surface area (Å²) in [5.41, 5.74) is 2.71. The molecule has 0 aliphatic carbocycles. The zero-order chi connectivity index (χ0) is 15.4. The molecule has 2 aromatic carbocycles. The number of aryl methyl sites for hydroxylation is 1. The minimum atomic E-state index is -0.219. The van der Waals surface area contributed by atoms with Gasteiger partial charge in [-0.25, -0.2) is 4.39 Å². The second-order valence-corrected chi connectivity index (χ2v) is 5.80. The van der Waals surface area contributed by atoms with E-state index in [0.29, 0.717) is 5.56 Å². The van der Waals surface area contributed by atoms with E-state index in [2.05, 4.69) is 21.2 Å². The SMILES string of the molecule is CCNC(c1ccc(OC)c(C)c1)c1ccc(Br)cc1F. The van der Waals surface area contributed by atoms with Crippen molar-refractivity contribution < 1.29 is 9.13 Å². The number of methoxy groups -OCH3 is 1. The molecule has 2 aromatic rings. The molecule has 0 saturated carbocycles. The summed E-state index contributed by atoms with van der Waals surface area (Å²) in [5, 5.41) is 3.34. The van der Waals surface area contributed by atoms with Crippen LogP contribution in [0.1, 0.15) is 29.7 Å². The van der Waals surface area contributed by atoms with Gasteiger partial charge in [-0.3, -0.25) is 0 Å². The van der Waals surface area contributed by atoms with Gasteiger partial charge in [0.1, 0.15) is 11.6 Å². The Kier molecular flexibility index (Phi) is 5.37. The van der Waals surface area contributed by atoms with E-state index in [0.717, 1.165) is 27.9 Å². The molecule has 4 heteroatoms.